The molecule has 5 nitrogen and oxygen atoms in total. The zero-order chi connectivity index (χ0) is 20.0. The van der Waals surface area contributed by atoms with E-state index < -0.39 is 15.7 Å². The Kier molecular flexibility index (Phi) is 7.46. The predicted molar refractivity (Wildman–Crippen MR) is 107 cm³/mol. The summed E-state index contributed by atoms with van der Waals surface area (Å²) in [4.78, 5) is 14.9. The van der Waals surface area contributed by atoms with Crippen molar-refractivity contribution in [2.75, 3.05) is 25.4 Å². The van der Waals surface area contributed by atoms with E-state index in [-0.39, 0.29) is 22.5 Å². The van der Waals surface area contributed by atoms with Crippen molar-refractivity contribution in [1.82, 2.24) is 10.2 Å². The van der Waals surface area contributed by atoms with Gasteiger partial charge in [0, 0.05) is 12.0 Å². The van der Waals surface area contributed by atoms with Crippen LogP contribution in [-0.4, -0.2) is 50.7 Å². The fourth-order valence-corrected chi connectivity index (χ4v) is 5.52. The van der Waals surface area contributed by atoms with Gasteiger partial charge in [0.25, 0.3) is 0 Å². The quantitative estimate of drug-likeness (QED) is 0.702. The van der Waals surface area contributed by atoms with Gasteiger partial charge in [0.15, 0.2) is 9.84 Å². The van der Waals surface area contributed by atoms with E-state index in [1.165, 1.54) is 43.5 Å². The van der Waals surface area contributed by atoms with E-state index in [0.29, 0.717) is 19.0 Å². The van der Waals surface area contributed by atoms with Crippen molar-refractivity contribution >= 4 is 15.7 Å². The molecule has 1 N–H and O–H groups in total. The van der Waals surface area contributed by atoms with Gasteiger partial charge in [0.2, 0.25) is 5.91 Å². The Labute approximate surface area is 167 Å². The SMILES string of the molecule is O=C(NC1CCCCC1)C1CCN(CCCS(=O)(=O)c2ccc(F)cc2)CC1. The molecule has 0 atom stereocenters. The second kappa shape index (κ2) is 9.83. The molecule has 7 heteroatoms. The lowest BCUT2D eigenvalue weighted by Gasteiger charge is -2.32. The summed E-state index contributed by atoms with van der Waals surface area (Å²) < 4.78 is 37.6. The number of piperidine rings is 1. The molecule has 0 aromatic heterocycles. The number of halogens is 1. The number of carbonyl (C=O) groups excluding carboxylic acids is 1. The van der Waals surface area contributed by atoms with Gasteiger partial charge < -0.3 is 10.2 Å². The van der Waals surface area contributed by atoms with Gasteiger partial charge in [-0.25, -0.2) is 12.8 Å². The number of rotatable bonds is 7. The van der Waals surface area contributed by atoms with Crippen molar-refractivity contribution in [1.29, 1.82) is 0 Å². The van der Waals surface area contributed by atoms with Gasteiger partial charge in [0.05, 0.1) is 10.6 Å². The first-order valence-corrected chi connectivity index (χ1v) is 12.1. The Morgan fingerprint density at radius 2 is 1.68 bits per heavy atom. The second-order valence-corrected chi connectivity index (χ2v) is 10.2. The third-order valence-electron chi connectivity index (χ3n) is 5.97. The van der Waals surface area contributed by atoms with E-state index in [0.717, 1.165) is 38.8 Å². The van der Waals surface area contributed by atoms with E-state index in [9.17, 15) is 17.6 Å². The van der Waals surface area contributed by atoms with E-state index >= 15 is 0 Å². The normalized spacial score (nSPS) is 20.2. The van der Waals surface area contributed by atoms with E-state index in [1.54, 1.807) is 0 Å². The summed E-state index contributed by atoms with van der Waals surface area (Å²) in [6.07, 6.45) is 8.13. The number of nitrogens with one attached hydrogen (secondary N) is 1. The first kappa shape index (κ1) is 21.2. The first-order valence-electron chi connectivity index (χ1n) is 10.4. The van der Waals surface area contributed by atoms with Crippen LogP contribution in [0.3, 0.4) is 0 Å². The lowest BCUT2D eigenvalue weighted by Crippen LogP contribution is -2.44. The zero-order valence-corrected chi connectivity index (χ0v) is 17.2. The molecule has 2 aliphatic rings. The molecular formula is C21H31FN2O3S. The van der Waals surface area contributed by atoms with Crippen LogP contribution in [0.2, 0.25) is 0 Å². The molecule has 0 spiro atoms. The van der Waals surface area contributed by atoms with Crippen LogP contribution in [0, 0.1) is 11.7 Å². The van der Waals surface area contributed by atoms with Crippen molar-refractivity contribution in [2.45, 2.75) is 62.3 Å². The molecule has 1 aliphatic heterocycles. The van der Waals surface area contributed by atoms with Crippen LogP contribution in [0.15, 0.2) is 29.2 Å². The Morgan fingerprint density at radius 1 is 1.04 bits per heavy atom. The number of hydrogen-bond donors (Lipinski definition) is 1. The smallest absolute Gasteiger partial charge is 0.223 e. The number of likely N-dealkylation sites (tertiary alicyclic amines) is 1. The standard InChI is InChI=1S/C21H31FN2O3S/c22-18-7-9-20(10-8-18)28(26,27)16-4-13-24-14-11-17(12-15-24)21(25)23-19-5-2-1-3-6-19/h7-10,17,19H,1-6,11-16H2,(H,23,25). The zero-order valence-electron chi connectivity index (χ0n) is 16.4. The van der Waals surface area contributed by atoms with Crippen LogP contribution in [0.1, 0.15) is 51.4 Å². The highest BCUT2D eigenvalue weighted by atomic mass is 32.2. The first-order chi connectivity index (χ1) is 13.4. The minimum Gasteiger partial charge on any atom is -0.353 e. The summed E-state index contributed by atoms with van der Waals surface area (Å²) in [6.45, 7) is 2.37. The van der Waals surface area contributed by atoms with Gasteiger partial charge in [-0.1, -0.05) is 19.3 Å². The molecule has 1 saturated carbocycles. The summed E-state index contributed by atoms with van der Waals surface area (Å²) >= 11 is 0. The van der Waals surface area contributed by atoms with Crippen LogP contribution in [0.4, 0.5) is 4.39 Å². The van der Waals surface area contributed by atoms with Crippen LogP contribution in [0.5, 0.6) is 0 Å². The van der Waals surface area contributed by atoms with Crippen LogP contribution in [0.25, 0.3) is 0 Å². The number of carbonyl (C=O) groups is 1. The minimum atomic E-state index is -3.38. The van der Waals surface area contributed by atoms with Crippen molar-refractivity contribution in [3.63, 3.8) is 0 Å². The van der Waals surface area contributed by atoms with Crippen molar-refractivity contribution in [3.05, 3.63) is 30.1 Å². The predicted octanol–water partition coefficient (Wildman–Crippen LogP) is 3.15. The topological polar surface area (TPSA) is 66.5 Å². The molecular weight excluding hydrogens is 379 g/mol. The maximum Gasteiger partial charge on any atom is 0.223 e. The fraction of sp³-hybridized carbons (Fsp3) is 0.667. The average molecular weight is 411 g/mol. The highest BCUT2D eigenvalue weighted by Gasteiger charge is 2.27. The van der Waals surface area contributed by atoms with E-state index in [2.05, 4.69) is 10.2 Å². The largest absolute Gasteiger partial charge is 0.353 e. The van der Waals surface area contributed by atoms with Gasteiger partial charge in [-0.15, -0.1) is 0 Å². The van der Waals surface area contributed by atoms with Gasteiger partial charge in [0.1, 0.15) is 5.82 Å². The number of sulfone groups is 1. The third kappa shape index (κ3) is 6.01. The molecule has 1 aromatic rings. The Bertz CT molecular complexity index is 737. The molecule has 28 heavy (non-hydrogen) atoms. The monoisotopic (exact) mass is 410 g/mol. The van der Waals surface area contributed by atoms with Crippen LogP contribution < -0.4 is 5.32 Å². The molecule has 3 rings (SSSR count). The minimum absolute atomic E-state index is 0.0563. The van der Waals surface area contributed by atoms with Crippen molar-refractivity contribution in [2.24, 2.45) is 5.92 Å². The summed E-state index contributed by atoms with van der Waals surface area (Å²) in [6, 6.07) is 5.35. The number of hydrogen-bond acceptors (Lipinski definition) is 4. The average Bonchev–Trinajstić information content (AvgIpc) is 2.69. The molecule has 1 aliphatic carbocycles. The second-order valence-electron chi connectivity index (χ2n) is 8.09. The van der Waals surface area contributed by atoms with E-state index in [4.69, 9.17) is 0 Å². The Balaban J connectivity index is 1.37. The van der Waals surface area contributed by atoms with Gasteiger partial charge in [-0.05, 0) is 76.0 Å². The lowest BCUT2D eigenvalue weighted by atomic mass is 9.92. The molecule has 1 saturated heterocycles. The molecule has 156 valence electrons. The van der Waals surface area contributed by atoms with Gasteiger partial charge in [-0.3, -0.25) is 4.79 Å². The number of nitrogens with zero attached hydrogens (tertiary/aromatic N) is 1. The summed E-state index contributed by atoms with van der Waals surface area (Å²) in [7, 11) is -3.38. The van der Waals surface area contributed by atoms with E-state index in [1.807, 2.05) is 0 Å². The van der Waals surface area contributed by atoms with Gasteiger partial charge >= 0.3 is 0 Å². The molecule has 0 unspecified atom stereocenters. The third-order valence-corrected chi connectivity index (χ3v) is 7.79. The van der Waals surface area contributed by atoms with Crippen LogP contribution in [-0.2, 0) is 14.6 Å². The summed E-state index contributed by atoms with van der Waals surface area (Å²) in [5, 5.41) is 3.23. The molecule has 1 heterocycles. The summed E-state index contributed by atoms with van der Waals surface area (Å²) in [5.74, 6) is -0.0957. The molecule has 1 amide bonds. The highest BCUT2D eigenvalue weighted by molar-refractivity contribution is 7.91. The van der Waals surface area contributed by atoms with Crippen molar-refractivity contribution < 1.29 is 17.6 Å². The van der Waals surface area contributed by atoms with Crippen LogP contribution >= 0.6 is 0 Å². The maximum atomic E-state index is 13.0. The Hall–Kier alpha value is -1.47. The molecule has 0 bridgehead atoms. The number of benzene rings is 1. The maximum absolute atomic E-state index is 13.0. The fourth-order valence-electron chi connectivity index (χ4n) is 4.22. The summed E-state index contributed by atoms with van der Waals surface area (Å²) in [5.41, 5.74) is 0. The Morgan fingerprint density at radius 3 is 2.32 bits per heavy atom. The molecule has 1 aromatic carbocycles. The highest BCUT2D eigenvalue weighted by Crippen LogP contribution is 2.21. The van der Waals surface area contributed by atoms with Crippen molar-refractivity contribution in [3.8, 4) is 0 Å². The molecule has 0 radical (unpaired) electrons. The molecule has 2 fully saturated rings. The number of amides is 1. The lowest BCUT2D eigenvalue weighted by molar-refractivity contribution is -0.127. The van der Waals surface area contributed by atoms with Gasteiger partial charge in [-0.2, -0.15) is 0 Å².